The molecule has 2 heteroatoms. The molecule has 11 heavy (non-hydrogen) atoms. The summed E-state index contributed by atoms with van der Waals surface area (Å²) >= 11 is 0. The summed E-state index contributed by atoms with van der Waals surface area (Å²) in [6.45, 7) is 4.14. The first-order valence-electron chi connectivity index (χ1n) is 4.51. The topological polar surface area (TPSA) is 29.1 Å². The van der Waals surface area contributed by atoms with E-state index in [1.807, 2.05) is 6.92 Å². The molecule has 0 aliphatic heterocycles. The first-order valence-corrected chi connectivity index (χ1v) is 4.51. The summed E-state index contributed by atoms with van der Waals surface area (Å²) in [6, 6.07) is 0.470. The second-order valence-corrected chi connectivity index (χ2v) is 3.54. The lowest BCUT2D eigenvalue weighted by Gasteiger charge is -2.10. The van der Waals surface area contributed by atoms with Gasteiger partial charge in [-0.05, 0) is 25.2 Å². The van der Waals surface area contributed by atoms with Gasteiger partial charge in [0, 0.05) is 12.5 Å². The van der Waals surface area contributed by atoms with Crippen LogP contribution in [0, 0.1) is 5.92 Å². The van der Waals surface area contributed by atoms with Crippen LogP contribution in [-0.2, 0) is 4.79 Å². The Morgan fingerprint density at radius 3 is 2.73 bits per heavy atom. The van der Waals surface area contributed by atoms with Gasteiger partial charge in [0.1, 0.15) is 0 Å². The third-order valence-electron chi connectivity index (χ3n) is 2.38. The number of carbonyl (C=O) groups excluding carboxylic acids is 1. The summed E-state index contributed by atoms with van der Waals surface area (Å²) < 4.78 is 0. The van der Waals surface area contributed by atoms with E-state index in [1.54, 1.807) is 0 Å². The molecule has 1 fully saturated rings. The molecule has 0 heterocycles. The maximum atomic E-state index is 11.0. The lowest BCUT2D eigenvalue weighted by atomic mass is 10.1. The zero-order valence-electron chi connectivity index (χ0n) is 7.39. The normalized spacial score (nSPS) is 30.4. The first-order chi connectivity index (χ1) is 5.22. The van der Waals surface area contributed by atoms with Gasteiger partial charge in [-0.1, -0.05) is 13.8 Å². The molecule has 2 atom stereocenters. The van der Waals surface area contributed by atoms with E-state index in [4.69, 9.17) is 0 Å². The van der Waals surface area contributed by atoms with Crippen LogP contribution in [0.4, 0.5) is 0 Å². The van der Waals surface area contributed by atoms with Crippen LogP contribution in [0.1, 0.15) is 39.5 Å². The largest absolute Gasteiger partial charge is 0.353 e. The number of hydrogen-bond donors (Lipinski definition) is 1. The van der Waals surface area contributed by atoms with E-state index in [9.17, 15) is 4.79 Å². The number of carbonyl (C=O) groups is 1. The second-order valence-electron chi connectivity index (χ2n) is 3.54. The molecule has 1 N–H and O–H groups in total. The third-order valence-corrected chi connectivity index (χ3v) is 2.38. The smallest absolute Gasteiger partial charge is 0.219 e. The summed E-state index contributed by atoms with van der Waals surface area (Å²) in [5.74, 6) is 1.00. The van der Waals surface area contributed by atoms with Crippen molar-refractivity contribution < 1.29 is 4.79 Å². The molecule has 0 aromatic heterocycles. The minimum Gasteiger partial charge on any atom is -0.353 e. The molecular formula is C9H17NO. The summed E-state index contributed by atoms with van der Waals surface area (Å²) in [5.41, 5.74) is 0. The number of nitrogens with one attached hydrogen (secondary N) is 1. The molecule has 2 nitrogen and oxygen atoms in total. The Balaban J connectivity index is 2.23. The van der Waals surface area contributed by atoms with Crippen molar-refractivity contribution in [3.8, 4) is 0 Å². The van der Waals surface area contributed by atoms with Gasteiger partial charge in [-0.25, -0.2) is 0 Å². The fourth-order valence-corrected chi connectivity index (χ4v) is 1.67. The molecule has 0 bridgehead atoms. The highest BCUT2D eigenvalue weighted by molar-refractivity contribution is 5.75. The average Bonchev–Trinajstić information content (AvgIpc) is 2.35. The molecule has 0 radical (unpaired) electrons. The minimum absolute atomic E-state index is 0.198. The standard InChI is InChI=1S/C9H17NO/c1-3-9(11)10-8-5-4-7(2)6-8/h7-8H,3-6H2,1-2H3,(H,10,11)/t7?,8-/m0/s1. The van der Waals surface area contributed by atoms with Crippen LogP contribution in [-0.4, -0.2) is 11.9 Å². The van der Waals surface area contributed by atoms with Crippen LogP contribution in [0.15, 0.2) is 0 Å². The molecule has 1 unspecified atom stereocenters. The van der Waals surface area contributed by atoms with Gasteiger partial charge in [0.25, 0.3) is 0 Å². The maximum absolute atomic E-state index is 11.0. The Bertz CT molecular complexity index is 144. The zero-order chi connectivity index (χ0) is 8.27. The van der Waals surface area contributed by atoms with E-state index >= 15 is 0 Å². The first kappa shape index (κ1) is 8.57. The lowest BCUT2D eigenvalue weighted by Crippen LogP contribution is -2.32. The molecule has 1 rings (SSSR count). The number of hydrogen-bond acceptors (Lipinski definition) is 1. The van der Waals surface area contributed by atoms with Gasteiger partial charge in [0.15, 0.2) is 0 Å². The van der Waals surface area contributed by atoms with E-state index in [1.165, 1.54) is 19.3 Å². The molecule has 0 spiro atoms. The monoisotopic (exact) mass is 155 g/mol. The van der Waals surface area contributed by atoms with E-state index in [-0.39, 0.29) is 5.91 Å². The van der Waals surface area contributed by atoms with Crippen LogP contribution in [0.5, 0.6) is 0 Å². The van der Waals surface area contributed by atoms with Crippen molar-refractivity contribution in [3.05, 3.63) is 0 Å². The molecule has 1 amide bonds. The van der Waals surface area contributed by atoms with E-state index < -0.39 is 0 Å². The van der Waals surface area contributed by atoms with Crippen LogP contribution < -0.4 is 5.32 Å². The quantitative estimate of drug-likeness (QED) is 0.646. The van der Waals surface area contributed by atoms with Gasteiger partial charge in [-0.3, -0.25) is 4.79 Å². The molecule has 0 aromatic carbocycles. The summed E-state index contributed by atoms with van der Waals surface area (Å²) in [4.78, 5) is 11.0. The van der Waals surface area contributed by atoms with Crippen LogP contribution in [0.25, 0.3) is 0 Å². The van der Waals surface area contributed by atoms with Gasteiger partial charge in [0.2, 0.25) is 5.91 Å². The molecule has 64 valence electrons. The Labute approximate surface area is 68.4 Å². The van der Waals surface area contributed by atoms with Crippen molar-refractivity contribution in [2.45, 2.75) is 45.6 Å². The molecule has 1 aliphatic rings. The predicted molar refractivity (Wildman–Crippen MR) is 45.2 cm³/mol. The van der Waals surface area contributed by atoms with Gasteiger partial charge < -0.3 is 5.32 Å². The van der Waals surface area contributed by atoms with E-state index in [0.29, 0.717) is 12.5 Å². The fourth-order valence-electron chi connectivity index (χ4n) is 1.67. The average molecular weight is 155 g/mol. The summed E-state index contributed by atoms with van der Waals surface area (Å²) in [6.07, 6.45) is 4.23. The Hall–Kier alpha value is -0.530. The molecule has 1 saturated carbocycles. The van der Waals surface area contributed by atoms with Crippen LogP contribution in [0.3, 0.4) is 0 Å². The lowest BCUT2D eigenvalue weighted by molar-refractivity contribution is -0.121. The van der Waals surface area contributed by atoms with Gasteiger partial charge in [0.05, 0.1) is 0 Å². The van der Waals surface area contributed by atoms with Crippen molar-refractivity contribution in [2.24, 2.45) is 5.92 Å². The summed E-state index contributed by atoms with van der Waals surface area (Å²) in [5, 5.41) is 3.02. The highest BCUT2D eigenvalue weighted by atomic mass is 16.1. The predicted octanol–water partition coefficient (Wildman–Crippen LogP) is 1.70. The molecular weight excluding hydrogens is 138 g/mol. The SMILES string of the molecule is CCC(=O)N[C@H]1CCC(C)C1. The van der Waals surface area contributed by atoms with Crippen LogP contribution in [0.2, 0.25) is 0 Å². The highest BCUT2D eigenvalue weighted by Crippen LogP contribution is 2.24. The minimum atomic E-state index is 0.198. The Morgan fingerprint density at radius 2 is 2.27 bits per heavy atom. The highest BCUT2D eigenvalue weighted by Gasteiger charge is 2.21. The zero-order valence-corrected chi connectivity index (χ0v) is 7.39. The fraction of sp³-hybridized carbons (Fsp3) is 0.889. The van der Waals surface area contributed by atoms with Crippen LogP contribution >= 0.6 is 0 Å². The van der Waals surface area contributed by atoms with Crippen molar-refractivity contribution in [2.75, 3.05) is 0 Å². The van der Waals surface area contributed by atoms with Gasteiger partial charge >= 0.3 is 0 Å². The van der Waals surface area contributed by atoms with Gasteiger partial charge in [-0.2, -0.15) is 0 Å². The van der Waals surface area contributed by atoms with Crippen molar-refractivity contribution in [1.82, 2.24) is 5.32 Å². The Morgan fingerprint density at radius 1 is 1.55 bits per heavy atom. The van der Waals surface area contributed by atoms with Crippen molar-refractivity contribution in [3.63, 3.8) is 0 Å². The van der Waals surface area contributed by atoms with E-state index in [0.717, 1.165) is 5.92 Å². The third kappa shape index (κ3) is 2.52. The molecule has 1 aliphatic carbocycles. The van der Waals surface area contributed by atoms with E-state index in [2.05, 4.69) is 12.2 Å². The Kier molecular flexibility index (Phi) is 2.92. The maximum Gasteiger partial charge on any atom is 0.219 e. The van der Waals surface area contributed by atoms with Crippen molar-refractivity contribution >= 4 is 5.91 Å². The second kappa shape index (κ2) is 3.74. The number of rotatable bonds is 2. The molecule has 0 aromatic rings. The number of amides is 1. The molecule has 0 saturated heterocycles. The van der Waals surface area contributed by atoms with Gasteiger partial charge in [-0.15, -0.1) is 0 Å². The summed E-state index contributed by atoms with van der Waals surface area (Å²) in [7, 11) is 0. The van der Waals surface area contributed by atoms with Crippen molar-refractivity contribution in [1.29, 1.82) is 0 Å².